The van der Waals surface area contributed by atoms with Gasteiger partial charge in [-0.05, 0) is 0 Å². The van der Waals surface area contributed by atoms with Gasteiger partial charge in [-0.25, -0.2) is 0 Å². The van der Waals surface area contributed by atoms with Gasteiger partial charge in [-0.1, -0.05) is 0 Å². The van der Waals surface area contributed by atoms with Crippen molar-refractivity contribution in [3.05, 3.63) is 125 Å². The van der Waals surface area contributed by atoms with Crippen LogP contribution < -0.4 is 45.6 Å². The van der Waals surface area contributed by atoms with Gasteiger partial charge < -0.3 is 24.8 Å². The molecule has 4 aromatic carbocycles. The molecule has 0 saturated carbocycles. The zero-order valence-corrected chi connectivity index (χ0v) is 40.2. The van der Waals surface area contributed by atoms with E-state index in [4.69, 9.17) is 0 Å². The fourth-order valence-electron chi connectivity index (χ4n) is 8.24. The Balaban J connectivity index is 0.00000281. The van der Waals surface area contributed by atoms with E-state index in [-0.39, 0.29) is 24.8 Å². The first-order chi connectivity index (χ1) is 22.4. The molecule has 0 bridgehead atoms. The predicted molar refractivity (Wildman–Crippen MR) is 223 cm³/mol. The first-order valence-corrected chi connectivity index (χ1v) is 34.5. The molecular weight excluding hydrogens is 791 g/mol. The van der Waals surface area contributed by atoms with Crippen molar-refractivity contribution in [2.45, 2.75) is 88.6 Å². The quantitative estimate of drug-likeness (QED) is 0.238. The zero-order chi connectivity index (χ0) is 34.8. The summed E-state index contributed by atoms with van der Waals surface area (Å²) in [6, 6.07) is 30.3. The third-order valence-electron chi connectivity index (χ3n) is 10.0. The number of hydrogen-bond donors (Lipinski definition) is 0. The van der Waals surface area contributed by atoms with E-state index in [1.165, 1.54) is 11.1 Å². The van der Waals surface area contributed by atoms with Crippen LogP contribution in [0.1, 0.15) is 37.9 Å². The molecule has 0 radical (unpaired) electrons. The molecule has 1 unspecified atom stereocenters. The standard InChI is InChI=1S/C30H45Si4.C13H10.2ClH.Zr/c1-31(2,3)24-19-15-18-22-20-23-25(21-16-13-14-17-21)28(32(4,5)6)30(34(10,11)12)29(33(7,8)9)27(23)26(22)24;1-3-7-12(8-4-1)11-13-9-5-2-6-10-13;;;/h13-16,18-20H,17H2,1-12H3;1-10H;2*1H;/q;;;;+2/p-2. The Hall–Kier alpha value is -1.44. The summed E-state index contributed by atoms with van der Waals surface area (Å²) in [5.41, 5.74) is 12.9. The molecule has 2 aliphatic carbocycles. The van der Waals surface area contributed by atoms with E-state index in [1.807, 2.05) is 15.6 Å². The van der Waals surface area contributed by atoms with Crippen LogP contribution in [-0.2, 0) is 22.8 Å². The Bertz CT molecular complexity index is 1930. The summed E-state index contributed by atoms with van der Waals surface area (Å²) in [5.74, 6) is 0. The van der Waals surface area contributed by atoms with E-state index in [0.717, 1.165) is 6.42 Å². The van der Waals surface area contributed by atoms with Gasteiger partial charge in [0.2, 0.25) is 0 Å². The van der Waals surface area contributed by atoms with Gasteiger partial charge >= 0.3 is 309 Å². The molecule has 0 nitrogen and oxygen atoms in total. The van der Waals surface area contributed by atoms with E-state index in [0.29, 0.717) is 3.63 Å². The van der Waals surface area contributed by atoms with Gasteiger partial charge in [0.25, 0.3) is 0 Å². The van der Waals surface area contributed by atoms with Gasteiger partial charge in [0.05, 0.1) is 0 Å². The van der Waals surface area contributed by atoms with Crippen LogP contribution in [0, 0.1) is 0 Å². The minimum Gasteiger partial charge on any atom is -1.00 e. The normalized spacial score (nSPS) is 15.4. The maximum Gasteiger partial charge on any atom is -1.00 e. The van der Waals surface area contributed by atoms with E-state index in [9.17, 15) is 0 Å². The van der Waals surface area contributed by atoms with E-state index >= 15 is 0 Å². The van der Waals surface area contributed by atoms with Crippen molar-refractivity contribution in [2.24, 2.45) is 0 Å². The Morgan fingerprint density at radius 2 is 1.04 bits per heavy atom. The fraction of sp³-hybridized carbons (Fsp3) is 0.326. The topological polar surface area (TPSA) is 0 Å². The van der Waals surface area contributed by atoms with Gasteiger partial charge in [0.1, 0.15) is 0 Å². The third-order valence-corrected chi connectivity index (χ3v) is 22.9. The molecule has 0 saturated heterocycles. The number of hydrogen-bond acceptors (Lipinski definition) is 0. The van der Waals surface area contributed by atoms with Gasteiger partial charge in [0, 0.05) is 0 Å². The van der Waals surface area contributed by atoms with Crippen molar-refractivity contribution in [3.8, 4) is 11.1 Å². The molecule has 7 heteroatoms. The van der Waals surface area contributed by atoms with Crippen LogP contribution in [0.5, 0.6) is 0 Å². The molecule has 6 rings (SSSR count). The van der Waals surface area contributed by atoms with Crippen molar-refractivity contribution in [2.75, 3.05) is 0 Å². The monoisotopic (exact) mass is 843 g/mol. The van der Waals surface area contributed by atoms with Crippen LogP contribution in [0.2, 0.25) is 78.6 Å². The smallest absolute Gasteiger partial charge is 1.00 e. The molecule has 0 fully saturated rings. The van der Waals surface area contributed by atoms with Crippen molar-refractivity contribution in [1.29, 1.82) is 0 Å². The maximum atomic E-state index is 2.66. The Morgan fingerprint density at radius 1 is 0.540 bits per heavy atom. The average Bonchev–Trinajstić information content (AvgIpc) is 3.64. The average molecular weight is 846 g/mol. The van der Waals surface area contributed by atoms with E-state index < -0.39 is 55.0 Å². The third kappa shape index (κ3) is 7.77. The Kier molecular flexibility index (Phi) is 12.5. The molecule has 0 heterocycles. The van der Waals surface area contributed by atoms with Crippen LogP contribution in [0.15, 0.2) is 97.1 Å². The maximum absolute atomic E-state index is 2.66. The second-order valence-corrected chi connectivity index (χ2v) is 41.5. The van der Waals surface area contributed by atoms with Crippen LogP contribution in [0.25, 0.3) is 16.7 Å². The molecular formula is C43H55Cl2Si4Zr. The number of rotatable bonds is 8. The molecule has 2 aliphatic rings. The van der Waals surface area contributed by atoms with Crippen LogP contribution in [0.4, 0.5) is 0 Å². The van der Waals surface area contributed by atoms with E-state index in [2.05, 4.69) is 176 Å². The molecule has 0 spiro atoms. The summed E-state index contributed by atoms with van der Waals surface area (Å²) < 4.78 is 2.10. The van der Waals surface area contributed by atoms with E-state index in [1.54, 1.807) is 41.8 Å². The first-order valence-electron chi connectivity index (χ1n) is 17.9. The van der Waals surface area contributed by atoms with Crippen LogP contribution >= 0.6 is 0 Å². The number of halogens is 2. The summed E-state index contributed by atoms with van der Waals surface area (Å²) in [5, 5.41) is 7.18. The van der Waals surface area contributed by atoms with Crippen LogP contribution in [0.3, 0.4) is 0 Å². The van der Waals surface area contributed by atoms with Gasteiger partial charge in [0.15, 0.2) is 0 Å². The molecule has 50 heavy (non-hydrogen) atoms. The molecule has 0 aromatic heterocycles. The second kappa shape index (κ2) is 15.1. The summed E-state index contributed by atoms with van der Waals surface area (Å²) in [4.78, 5) is 0. The first kappa shape index (κ1) is 41.3. The molecule has 1 atom stereocenters. The predicted octanol–water partition coefficient (Wildman–Crippen LogP) is 3.64. The summed E-state index contributed by atoms with van der Waals surface area (Å²) in [6.45, 7) is 31.6. The minimum absolute atomic E-state index is 0. The molecule has 0 N–H and O–H groups in total. The summed E-state index contributed by atoms with van der Waals surface area (Å²) in [6.07, 6.45) is 8.30. The van der Waals surface area contributed by atoms with Crippen molar-refractivity contribution >= 4 is 61.8 Å². The SMILES string of the molecule is C[Si](C)(C)c1cccc2c1-c1c(c(C3=CC=CC3)c([Si](C)(C)C)c([Si](C)(C)C)c1[Si](C)(C)C)[CH]2[Zr+2]=[C](c1ccccc1)c1ccccc1.[Cl-].[Cl-]. The van der Waals surface area contributed by atoms with Gasteiger partial charge in [-0.3, -0.25) is 0 Å². The van der Waals surface area contributed by atoms with Crippen molar-refractivity contribution < 1.29 is 47.6 Å². The minimum atomic E-state index is -1.82. The van der Waals surface area contributed by atoms with Crippen molar-refractivity contribution in [3.63, 3.8) is 0 Å². The Labute approximate surface area is 331 Å². The number of fused-ring (bicyclic) bond motifs is 3. The fourth-order valence-corrected chi connectivity index (χ4v) is 24.4. The molecule has 0 aliphatic heterocycles. The molecule has 0 amide bonds. The van der Waals surface area contributed by atoms with Gasteiger partial charge in [-0.15, -0.1) is 0 Å². The largest absolute Gasteiger partial charge is 1.00 e. The zero-order valence-electron chi connectivity index (χ0n) is 32.3. The molecule has 4 aromatic rings. The van der Waals surface area contributed by atoms with Crippen LogP contribution in [-0.4, -0.2) is 35.5 Å². The molecule has 261 valence electrons. The Morgan fingerprint density at radius 3 is 1.48 bits per heavy atom. The second-order valence-electron chi connectivity index (χ2n) is 18.1. The van der Waals surface area contributed by atoms with Gasteiger partial charge in [-0.2, -0.15) is 0 Å². The van der Waals surface area contributed by atoms with Crippen molar-refractivity contribution in [1.82, 2.24) is 0 Å². The summed E-state index contributed by atoms with van der Waals surface area (Å²) >= 11 is -1.28. The summed E-state index contributed by atoms with van der Waals surface area (Å²) in [7, 11) is -7.06. The number of benzene rings is 4. The number of allylic oxidation sites excluding steroid dienone is 4.